The molecule has 3 nitrogen and oxygen atoms in total. The summed E-state index contributed by atoms with van der Waals surface area (Å²) >= 11 is 0. The first-order chi connectivity index (χ1) is 14.1. The molecule has 0 aromatic heterocycles. The van der Waals surface area contributed by atoms with Crippen molar-refractivity contribution < 1.29 is 15.0 Å². The van der Waals surface area contributed by atoms with Gasteiger partial charge >= 0.3 is 0 Å². The van der Waals surface area contributed by atoms with Crippen LogP contribution in [-0.4, -0.2) is 28.2 Å². The van der Waals surface area contributed by atoms with Gasteiger partial charge in [-0.05, 0) is 94.3 Å². The highest BCUT2D eigenvalue weighted by molar-refractivity contribution is 5.91. The van der Waals surface area contributed by atoms with Crippen LogP contribution in [0.5, 0.6) is 0 Å². The normalized spacial score (nSPS) is 41.9. The van der Waals surface area contributed by atoms with Crippen LogP contribution in [0.2, 0.25) is 0 Å². The topological polar surface area (TPSA) is 57.5 Å². The molecule has 0 saturated heterocycles. The summed E-state index contributed by atoms with van der Waals surface area (Å²) in [5.41, 5.74) is 0.998. The van der Waals surface area contributed by atoms with Crippen LogP contribution in [0.4, 0.5) is 0 Å². The van der Waals surface area contributed by atoms with Crippen molar-refractivity contribution in [2.24, 2.45) is 40.4 Å². The van der Waals surface area contributed by atoms with Crippen LogP contribution in [0.3, 0.4) is 0 Å². The van der Waals surface area contributed by atoms with Crippen LogP contribution in [-0.2, 0) is 4.79 Å². The molecule has 0 heterocycles. The molecule has 4 rings (SSSR count). The van der Waals surface area contributed by atoms with Crippen molar-refractivity contribution in [3.8, 4) is 0 Å². The Hall–Kier alpha value is -0.930. The molecule has 4 aliphatic rings. The van der Waals surface area contributed by atoms with Crippen molar-refractivity contribution in [2.75, 3.05) is 6.61 Å². The zero-order chi connectivity index (χ0) is 21.7. The third-order valence-corrected chi connectivity index (χ3v) is 9.39. The van der Waals surface area contributed by atoms with Gasteiger partial charge in [0.05, 0.1) is 12.2 Å². The van der Waals surface area contributed by atoms with Crippen LogP contribution in [0.1, 0.15) is 85.5 Å². The Balaban J connectivity index is 1.51. The van der Waals surface area contributed by atoms with Crippen molar-refractivity contribution in [2.45, 2.75) is 91.1 Å². The highest BCUT2D eigenvalue weighted by Crippen LogP contribution is 2.67. The molecule has 0 spiro atoms. The Bertz CT molecular complexity index is 729. The molecule has 0 aromatic carbocycles. The van der Waals surface area contributed by atoms with E-state index >= 15 is 0 Å². The van der Waals surface area contributed by atoms with Gasteiger partial charge in [0, 0.05) is 17.8 Å². The smallest absolute Gasteiger partial charge is 0.140 e. The van der Waals surface area contributed by atoms with Crippen molar-refractivity contribution in [1.29, 1.82) is 0 Å². The number of fused-ring (bicyclic) bond motifs is 2. The number of carbonyl (C=O) groups is 1. The third kappa shape index (κ3) is 3.75. The Morgan fingerprint density at radius 2 is 2.00 bits per heavy atom. The number of hydrogen-bond acceptors (Lipinski definition) is 3. The van der Waals surface area contributed by atoms with Crippen LogP contribution in [0.25, 0.3) is 0 Å². The summed E-state index contributed by atoms with van der Waals surface area (Å²) in [4.78, 5) is 12.6. The number of rotatable bonds is 7. The molecule has 2 N–H and O–H groups in total. The van der Waals surface area contributed by atoms with E-state index in [-0.39, 0.29) is 17.9 Å². The summed E-state index contributed by atoms with van der Waals surface area (Å²) in [7, 11) is 0. The minimum atomic E-state index is -0.643. The predicted molar refractivity (Wildman–Crippen MR) is 121 cm³/mol. The summed E-state index contributed by atoms with van der Waals surface area (Å²) in [6, 6.07) is 0. The lowest BCUT2D eigenvalue weighted by atomic mass is 9.60. The lowest BCUT2D eigenvalue weighted by molar-refractivity contribution is -0.124. The molecule has 168 valence electrons. The average molecular weight is 415 g/mol. The number of aliphatic hydroxyl groups is 2. The van der Waals surface area contributed by atoms with Gasteiger partial charge in [0.15, 0.2) is 0 Å². The molecule has 0 unspecified atom stereocenters. The first-order valence-electron chi connectivity index (χ1n) is 12.4. The first kappa shape index (κ1) is 22.3. The molecule has 4 aliphatic carbocycles. The van der Waals surface area contributed by atoms with E-state index in [9.17, 15) is 15.0 Å². The third-order valence-electron chi connectivity index (χ3n) is 9.39. The number of carbonyl (C=O) groups excluding carboxylic acids is 1. The molecular formula is C27H42O3. The molecule has 0 aliphatic heterocycles. The van der Waals surface area contributed by atoms with E-state index in [0.717, 1.165) is 25.7 Å². The lowest BCUT2D eigenvalue weighted by Crippen LogP contribution is -2.36. The average Bonchev–Trinajstić information content (AvgIpc) is 3.16. The Morgan fingerprint density at radius 3 is 2.60 bits per heavy atom. The monoisotopic (exact) mass is 414 g/mol. The Kier molecular flexibility index (Phi) is 5.85. The fourth-order valence-electron chi connectivity index (χ4n) is 7.72. The number of Topliss-reactive ketones (excluding diaryl/α,β-unsaturated/α-hetero) is 1. The van der Waals surface area contributed by atoms with Gasteiger partial charge in [0.2, 0.25) is 0 Å². The van der Waals surface area contributed by atoms with Crippen LogP contribution in [0.15, 0.2) is 23.8 Å². The molecule has 3 heteroatoms. The summed E-state index contributed by atoms with van der Waals surface area (Å²) < 4.78 is 0. The summed E-state index contributed by atoms with van der Waals surface area (Å²) in [6.07, 6.45) is 16.5. The first-order valence-corrected chi connectivity index (χ1v) is 12.4. The van der Waals surface area contributed by atoms with E-state index in [4.69, 9.17) is 0 Å². The van der Waals surface area contributed by atoms with Gasteiger partial charge in [-0.2, -0.15) is 0 Å². The number of ketones is 1. The maximum Gasteiger partial charge on any atom is 0.140 e. The molecule has 4 saturated carbocycles. The second-order valence-electron chi connectivity index (χ2n) is 11.8. The fraction of sp³-hybridized carbons (Fsp3) is 0.815. The number of hydrogen-bond donors (Lipinski definition) is 2. The standard InChI is InChI=1S/C27H42O3/c1-18(7-5-13-25(2,3)30)22-10-11-23-19(8-6-14-26(22,23)4)15-21(17-28)27-16-20(27)9-12-24(27)29/h5,7,15,18,20-23,28,30H,6,8-14,16-17H2,1-4H3/b7-5+,19-15+/t18-,20-,21+,22-,23+,26-,27+/m1/s1. The predicted octanol–water partition coefficient (Wildman–Crippen LogP) is 5.46. The van der Waals surface area contributed by atoms with Crippen molar-refractivity contribution in [3.05, 3.63) is 23.8 Å². The maximum atomic E-state index is 12.6. The number of allylic oxidation sites excluding steroid dienone is 2. The molecule has 7 atom stereocenters. The van der Waals surface area contributed by atoms with Crippen molar-refractivity contribution in [3.63, 3.8) is 0 Å². The summed E-state index contributed by atoms with van der Waals surface area (Å²) in [5.74, 6) is 2.76. The second kappa shape index (κ2) is 7.89. The van der Waals surface area contributed by atoms with E-state index in [1.54, 1.807) is 0 Å². The van der Waals surface area contributed by atoms with Gasteiger partial charge in [-0.15, -0.1) is 0 Å². The Labute approximate surface area is 183 Å². The molecule has 0 radical (unpaired) electrons. The fourth-order valence-corrected chi connectivity index (χ4v) is 7.72. The van der Waals surface area contributed by atoms with Gasteiger partial charge in [0.1, 0.15) is 5.78 Å². The highest BCUT2D eigenvalue weighted by Gasteiger charge is 2.66. The highest BCUT2D eigenvalue weighted by atomic mass is 16.3. The molecule has 30 heavy (non-hydrogen) atoms. The Morgan fingerprint density at radius 1 is 1.23 bits per heavy atom. The molecule has 0 amide bonds. The van der Waals surface area contributed by atoms with Crippen LogP contribution in [0, 0.1) is 40.4 Å². The number of aliphatic hydroxyl groups excluding tert-OH is 1. The zero-order valence-electron chi connectivity index (χ0n) is 19.5. The SMILES string of the molecule is C[C@H](/C=C/CC(C)(C)O)[C@H]1CC[C@H]2/C(=C/[C@@H](CO)[C@]34C[C@H]3CCC4=O)CCC[C@]12C. The van der Waals surface area contributed by atoms with Gasteiger partial charge in [-0.25, -0.2) is 0 Å². The van der Waals surface area contributed by atoms with Crippen molar-refractivity contribution >= 4 is 5.78 Å². The van der Waals surface area contributed by atoms with E-state index in [1.807, 2.05) is 13.8 Å². The quantitative estimate of drug-likeness (QED) is 0.544. The summed E-state index contributed by atoms with van der Waals surface area (Å²) in [5, 5.41) is 20.2. The molecular weight excluding hydrogens is 372 g/mol. The zero-order valence-corrected chi connectivity index (χ0v) is 19.5. The van der Waals surface area contributed by atoms with E-state index in [2.05, 4.69) is 32.1 Å². The molecule has 4 fully saturated rings. The second-order valence-corrected chi connectivity index (χ2v) is 11.8. The minimum absolute atomic E-state index is 0.0398. The summed E-state index contributed by atoms with van der Waals surface area (Å²) in [6.45, 7) is 8.69. The van der Waals surface area contributed by atoms with Crippen LogP contribution < -0.4 is 0 Å². The van der Waals surface area contributed by atoms with Gasteiger partial charge in [-0.3, -0.25) is 4.79 Å². The van der Waals surface area contributed by atoms with E-state index < -0.39 is 5.60 Å². The maximum absolute atomic E-state index is 12.6. The van der Waals surface area contributed by atoms with Crippen LogP contribution >= 0.6 is 0 Å². The van der Waals surface area contributed by atoms with E-state index in [0.29, 0.717) is 41.3 Å². The van der Waals surface area contributed by atoms with Gasteiger partial charge < -0.3 is 10.2 Å². The van der Waals surface area contributed by atoms with Gasteiger partial charge in [-0.1, -0.05) is 37.6 Å². The van der Waals surface area contributed by atoms with Gasteiger partial charge in [0.25, 0.3) is 0 Å². The molecule has 0 bridgehead atoms. The minimum Gasteiger partial charge on any atom is -0.396 e. The van der Waals surface area contributed by atoms with Crippen molar-refractivity contribution in [1.82, 2.24) is 0 Å². The lowest BCUT2D eigenvalue weighted by Gasteiger charge is -2.44. The molecule has 0 aromatic rings. The van der Waals surface area contributed by atoms with E-state index in [1.165, 1.54) is 31.3 Å². The largest absolute Gasteiger partial charge is 0.396 e.